The Morgan fingerprint density at radius 1 is 1.24 bits per heavy atom. The maximum Gasteiger partial charge on any atom is 0.341 e. The second-order valence-corrected chi connectivity index (χ2v) is 4.46. The molecule has 0 aliphatic rings. The normalized spacial score (nSPS) is 10.5. The molecule has 21 heavy (non-hydrogen) atoms. The molecular weight excluding hydrogens is 278 g/mol. The van der Waals surface area contributed by atoms with Crippen LogP contribution >= 0.6 is 0 Å². The van der Waals surface area contributed by atoms with Crippen LogP contribution in [0.25, 0.3) is 0 Å². The molecule has 1 aromatic carbocycles. The maximum absolute atomic E-state index is 13.1. The molecule has 0 bridgehead atoms. The number of benzene rings is 1. The summed E-state index contributed by atoms with van der Waals surface area (Å²) in [6.45, 7) is 3.63. The first kappa shape index (κ1) is 15.0. The summed E-state index contributed by atoms with van der Waals surface area (Å²) < 4.78 is 31.1. The molecule has 0 amide bonds. The van der Waals surface area contributed by atoms with E-state index >= 15 is 0 Å². The quantitative estimate of drug-likeness (QED) is 0.813. The molecule has 0 aliphatic heterocycles. The molecule has 110 valence electrons. The van der Waals surface area contributed by atoms with E-state index in [-0.39, 0.29) is 18.6 Å². The van der Waals surface area contributed by atoms with E-state index in [4.69, 9.17) is 4.74 Å². The summed E-state index contributed by atoms with van der Waals surface area (Å²) >= 11 is 0. The van der Waals surface area contributed by atoms with Crippen LogP contribution in [0.1, 0.15) is 34.4 Å². The van der Waals surface area contributed by atoms with Crippen molar-refractivity contribution < 1.29 is 18.3 Å². The molecule has 0 spiro atoms. The summed E-state index contributed by atoms with van der Waals surface area (Å²) in [6.07, 6.45) is 1.55. The molecule has 2 aromatic rings. The van der Waals surface area contributed by atoms with Gasteiger partial charge in [-0.15, -0.1) is 0 Å². The number of carbonyl (C=O) groups excluding carboxylic acids is 1. The highest BCUT2D eigenvalue weighted by molar-refractivity contribution is 5.90. The fraction of sp³-hybridized carbons (Fsp3) is 0.267. The van der Waals surface area contributed by atoms with E-state index in [2.05, 4.69) is 9.97 Å². The van der Waals surface area contributed by atoms with Crippen LogP contribution in [0, 0.1) is 18.6 Å². The first-order valence-electron chi connectivity index (χ1n) is 6.44. The van der Waals surface area contributed by atoms with E-state index in [0.29, 0.717) is 17.1 Å². The number of rotatable bonds is 4. The molecular formula is C15H14F2N2O2. The van der Waals surface area contributed by atoms with Crippen molar-refractivity contribution in [2.24, 2.45) is 0 Å². The minimum absolute atomic E-state index is 0.179. The van der Waals surface area contributed by atoms with E-state index < -0.39 is 17.6 Å². The Bertz CT molecular complexity index is 654. The molecule has 0 saturated carbocycles. The molecule has 1 heterocycles. The van der Waals surface area contributed by atoms with Gasteiger partial charge in [0.05, 0.1) is 17.9 Å². The molecule has 0 unspecified atom stereocenters. The molecule has 4 nitrogen and oxygen atoms in total. The summed E-state index contributed by atoms with van der Waals surface area (Å²) in [5, 5.41) is 0. The number of ether oxygens (including phenoxy) is 1. The van der Waals surface area contributed by atoms with E-state index in [1.807, 2.05) is 0 Å². The van der Waals surface area contributed by atoms with Gasteiger partial charge >= 0.3 is 5.97 Å². The van der Waals surface area contributed by atoms with Crippen LogP contribution < -0.4 is 0 Å². The number of nitrogens with zero attached hydrogens (tertiary/aromatic N) is 2. The lowest BCUT2D eigenvalue weighted by Crippen LogP contribution is -2.10. The highest BCUT2D eigenvalue weighted by Gasteiger charge is 2.13. The van der Waals surface area contributed by atoms with Crippen molar-refractivity contribution in [3.63, 3.8) is 0 Å². The first-order chi connectivity index (χ1) is 9.99. The van der Waals surface area contributed by atoms with E-state index in [9.17, 15) is 13.6 Å². The van der Waals surface area contributed by atoms with Crippen LogP contribution in [0.3, 0.4) is 0 Å². The smallest absolute Gasteiger partial charge is 0.341 e. The largest absolute Gasteiger partial charge is 0.462 e. The maximum atomic E-state index is 13.1. The third kappa shape index (κ3) is 3.81. The number of hydrogen-bond donors (Lipinski definition) is 0. The highest BCUT2D eigenvalue weighted by atomic mass is 19.1. The number of esters is 1. The van der Waals surface area contributed by atoms with Crippen molar-refractivity contribution in [2.75, 3.05) is 6.61 Å². The average molecular weight is 292 g/mol. The van der Waals surface area contributed by atoms with Crippen LogP contribution in [-0.4, -0.2) is 22.5 Å². The lowest BCUT2D eigenvalue weighted by Gasteiger charge is -2.07. The number of aryl methyl sites for hydroxylation is 1. The summed E-state index contributed by atoms with van der Waals surface area (Å²) in [5.74, 6) is -1.40. The molecule has 2 rings (SSSR count). The molecule has 0 N–H and O–H groups in total. The van der Waals surface area contributed by atoms with Gasteiger partial charge in [-0.1, -0.05) is 0 Å². The van der Waals surface area contributed by atoms with Gasteiger partial charge in [0.1, 0.15) is 17.5 Å². The summed E-state index contributed by atoms with van der Waals surface area (Å²) in [4.78, 5) is 19.8. The average Bonchev–Trinajstić information content (AvgIpc) is 2.37. The van der Waals surface area contributed by atoms with Crippen molar-refractivity contribution in [1.82, 2.24) is 9.97 Å². The highest BCUT2D eigenvalue weighted by Crippen LogP contribution is 2.13. The Hall–Kier alpha value is -2.37. The Morgan fingerprint density at radius 2 is 1.90 bits per heavy atom. The Morgan fingerprint density at radius 3 is 2.48 bits per heavy atom. The molecule has 0 saturated heterocycles. The van der Waals surface area contributed by atoms with Gasteiger partial charge in [-0.05, 0) is 31.5 Å². The van der Waals surface area contributed by atoms with Gasteiger partial charge in [0.25, 0.3) is 0 Å². The molecule has 0 atom stereocenters. The van der Waals surface area contributed by atoms with E-state index in [1.165, 1.54) is 18.3 Å². The van der Waals surface area contributed by atoms with E-state index in [1.54, 1.807) is 13.8 Å². The van der Waals surface area contributed by atoms with Crippen LogP contribution in [0.4, 0.5) is 8.78 Å². The van der Waals surface area contributed by atoms with Crippen molar-refractivity contribution >= 4 is 5.97 Å². The van der Waals surface area contributed by atoms with Crippen molar-refractivity contribution in [3.05, 3.63) is 58.7 Å². The fourth-order valence-corrected chi connectivity index (χ4v) is 1.91. The van der Waals surface area contributed by atoms with Crippen LogP contribution in [-0.2, 0) is 11.2 Å². The Labute approximate surface area is 120 Å². The zero-order valence-corrected chi connectivity index (χ0v) is 11.7. The lowest BCUT2D eigenvalue weighted by atomic mass is 10.1. The molecule has 0 radical (unpaired) electrons. The van der Waals surface area contributed by atoms with Gasteiger partial charge < -0.3 is 4.74 Å². The second-order valence-electron chi connectivity index (χ2n) is 4.46. The number of halogens is 2. The predicted molar refractivity (Wildman–Crippen MR) is 71.9 cm³/mol. The molecule has 0 fully saturated rings. The monoisotopic (exact) mass is 292 g/mol. The third-order valence-electron chi connectivity index (χ3n) is 2.81. The summed E-state index contributed by atoms with van der Waals surface area (Å²) in [6, 6.07) is 3.25. The van der Waals surface area contributed by atoms with Crippen molar-refractivity contribution in [3.8, 4) is 0 Å². The zero-order chi connectivity index (χ0) is 15.4. The lowest BCUT2D eigenvalue weighted by molar-refractivity contribution is 0.0524. The predicted octanol–water partition coefficient (Wildman–Crippen LogP) is 2.83. The van der Waals surface area contributed by atoms with Gasteiger partial charge in [-0.25, -0.2) is 23.5 Å². The first-order valence-corrected chi connectivity index (χ1v) is 6.44. The van der Waals surface area contributed by atoms with Crippen molar-refractivity contribution in [1.29, 1.82) is 0 Å². The van der Waals surface area contributed by atoms with Gasteiger partial charge in [0.15, 0.2) is 0 Å². The number of aromatic nitrogens is 2. The molecule has 1 aromatic heterocycles. The Kier molecular flexibility index (Phi) is 4.57. The fourth-order valence-electron chi connectivity index (χ4n) is 1.91. The van der Waals surface area contributed by atoms with Gasteiger partial charge in [-0.2, -0.15) is 0 Å². The minimum Gasteiger partial charge on any atom is -0.462 e. The van der Waals surface area contributed by atoms with Gasteiger partial charge in [0.2, 0.25) is 0 Å². The third-order valence-corrected chi connectivity index (χ3v) is 2.81. The van der Waals surface area contributed by atoms with Crippen LogP contribution in [0.2, 0.25) is 0 Å². The SMILES string of the molecule is CCOC(=O)c1cnc(Cc2cc(F)cc(F)c2)nc1C. The van der Waals surface area contributed by atoms with E-state index in [0.717, 1.165) is 6.07 Å². The molecule has 6 heteroatoms. The van der Waals surface area contributed by atoms with Gasteiger partial charge in [-0.3, -0.25) is 0 Å². The number of hydrogen-bond acceptors (Lipinski definition) is 4. The standard InChI is InChI=1S/C15H14F2N2O2/c1-3-21-15(20)13-8-18-14(19-9(13)2)6-10-4-11(16)7-12(17)5-10/h4-5,7-8H,3,6H2,1-2H3. The zero-order valence-electron chi connectivity index (χ0n) is 11.7. The summed E-state index contributed by atoms with van der Waals surface area (Å²) in [7, 11) is 0. The van der Waals surface area contributed by atoms with Crippen LogP contribution in [0.5, 0.6) is 0 Å². The van der Waals surface area contributed by atoms with Gasteiger partial charge in [0, 0.05) is 18.7 Å². The summed E-state index contributed by atoms with van der Waals surface area (Å²) in [5.41, 5.74) is 1.18. The minimum atomic E-state index is -0.648. The topological polar surface area (TPSA) is 52.1 Å². The molecule has 0 aliphatic carbocycles. The number of carbonyl (C=O) groups is 1. The second kappa shape index (κ2) is 6.39. The Balaban J connectivity index is 2.22. The van der Waals surface area contributed by atoms with Crippen LogP contribution in [0.15, 0.2) is 24.4 Å². The van der Waals surface area contributed by atoms with Crippen molar-refractivity contribution in [2.45, 2.75) is 20.3 Å².